The molecule has 2 aliphatic heterocycles. The molecule has 0 saturated carbocycles. The Morgan fingerprint density at radius 2 is 2.04 bits per heavy atom. The third kappa shape index (κ3) is 2.91. The second-order valence-electron chi connectivity index (χ2n) is 6.73. The molecule has 8 heteroatoms. The molecule has 1 aromatic heterocycles. The van der Waals surface area contributed by atoms with E-state index in [9.17, 15) is 9.59 Å². The molecule has 0 spiro atoms. The van der Waals surface area contributed by atoms with Crippen LogP contribution in [0.2, 0.25) is 10.0 Å². The van der Waals surface area contributed by atoms with E-state index in [1.54, 1.807) is 36.5 Å². The largest absolute Gasteiger partial charge is 0.326 e. The fraction of sp³-hybridized carbons (Fsp3) is 0.333. The van der Waals surface area contributed by atoms with E-state index in [1.807, 2.05) is 0 Å². The van der Waals surface area contributed by atoms with Crippen molar-refractivity contribution in [1.29, 1.82) is 0 Å². The van der Waals surface area contributed by atoms with E-state index < -0.39 is 5.54 Å². The van der Waals surface area contributed by atoms with Crippen molar-refractivity contribution in [2.24, 2.45) is 0 Å². The zero-order valence-corrected chi connectivity index (χ0v) is 16.4. The zero-order chi connectivity index (χ0) is 18.5. The molecule has 1 saturated heterocycles. The SMILES string of the molecule is C[C@@]1(c2ccc(Cl)c(Cl)c2)NC(=O)N(CN2CCc3sccc3C2)C1=O. The van der Waals surface area contributed by atoms with Crippen molar-refractivity contribution < 1.29 is 9.59 Å². The first-order valence-electron chi connectivity index (χ1n) is 8.26. The number of thiophene rings is 1. The minimum atomic E-state index is -1.14. The Morgan fingerprint density at radius 1 is 1.23 bits per heavy atom. The molecule has 5 nitrogen and oxygen atoms in total. The number of carbonyl (C=O) groups excluding carboxylic acids is 2. The summed E-state index contributed by atoms with van der Waals surface area (Å²) in [5.41, 5.74) is 0.751. The van der Waals surface area contributed by atoms with Gasteiger partial charge in [0.15, 0.2) is 0 Å². The van der Waals surface area contributed by atoms with E-state index in [4.69, 9.17) is 23.2 Å². The molecule has 0 unspecified atom stereocenters. The summed E-state index contributed by atoms with van der Waals surface area (Å²) in [6.45, 7) is 3.55. The molecule has 0 aliphatic carbocycles. The Labute approximate surface area is 165 Å². The monoisotopic (exact) mass is 409 g/mol. The maximum atomic E-state index is 13.0. The lowest BCUT2D eigenvalue weighted by Crippen LogP contribution is -2.45. The van der Waals surface area contributed by atoms with Gasteiger partial charge in [-0.1, -0.05) is 29.3 Å². The summed E-state index contributed by atoms with van der Waals surface area (Å²) >= 11 is 13.8. The summed E-state index contributed by atoms with van der Waals surface area (Å²) in [7, 11) is 0. The predicted molar refractivity (Wildman–Crippen MR) is 102 cm³/mol. The molecule has 3 heterocycles. The third-order valence-corrected chi connectivity index (χ3v) is 6.76. The van der Waals surface area contributed by atoms with Crippen LogP contribution < -0.4 is 5.32 Å². The predicted octanol–water partition coefficient (Wildman–Crippen LogP) is 3.84. The van der Waals surface area contributed by atoms with Crippen molar-refractivity contribution in [3.63, 3.8) is 0 Å². The average Bonchev–Trinajstić information content (AvgIpc) is 3.16. The number of nitrogens with one attached hydrogen (secondary N) is 1. The van der Waals surface area contributed by atoms with Gasteiger partial charge in [0.2, 0.25) is 0 Å². The molecule has 26 heavy (non-hydrogen) atoms. The second kappa shape index (κ2) is 6.53. The smallest absolute Gasteiger partial charge is 0.319 e. The summed E-state index contributed by atoms with van der Waals surface area (Å²) < 4.78 is 0. The lowest BCUT2D eigenvalue weighted by atomic mass is 9.92. The number of fused-ring (bicyclic) bond motifs is 1. The van der Waals surface area contributed by atoms with Crippen LogP contribution in [0.5, 0.6) is 0 Å². The van der Waals surface area contributed by atoms with Crippen molar-refractivity contribution in [2.75, 3.05) is 13.2 Å². The molecule has 2 aromatic rings. The quantitative estimate of drug-likeness (QED) is 0.783. The third-order valence-electron chi connectivity index (χ3n) is 5.00. The van der Waals surface area contributed by atoms with E-state index in [0.29, 0.717) is 15.6 Å². The van der Waals surface area contributed by atoms with Crippen LogP contribution in [0.1, 0.15) is 22.9 Å². The molecular formula is C18H17Cl2N3O2S. The number of hydrogen-bond acceptors (Lipinski definition) is 4. The van der Waals surface area contributed by atoms with Gasteiger partial charge >= 0.3 is 6.03 Å². The van der Waals surface area contributed by atoms with Gasteiger partial charge in [0.25, 0.3) is 5.91 Å². The van der Waals surface area contributed by atoms with Gasteiger partial charge in [-0.25, -0.2) is 9.69 Å². The Balaban J connectivity index is 1.54. The molecule has 1 atom stereocenters. The first-order chi connectivity index (χ1) is 12.4. The number of urea groups is 1. The molecular weight excluding hydrogens is 393 g/mol. The summed E-state index contributed by atoms with van der Waals surface area (Å²) in [5, 5.41) is 5.66. The maximum absolute atomic E-state index is 13.0. The van der Waals surface area contributed by atoms with Crippen molar-refractivity contribution in [3.8, 4) is 0 Å². The standard InChI is InChI=1S/C18H17Cl2N3O2S/c1-18(12-2-3-13(19)14(20)8-12)16(24)23(17(25)21-18)10-22-6-4-15-11(9-22)5-7-26-15/h2-3,5,7-8H,4,6,9-10H2,1H3,(H,21,25)/t18-/m0/s1. The first-order valence-corrected chi connectivity index (χ1v) is 9.89. The Bertz CT molecular complexity index is 900. The number of hydrogen-bond donors (Lipinski definition) is 1. The molecule has 2 aliphatic rings. The molecule has 4 rings (SSSR count). The zero-order valence-electron chi connectivity index (χ0n) is 14.1. The van der Waals surface area contributed by atoms with Gasteiger partial charge in [0, 0.05) is 18.0 Å². The molecule has 136 valence electrons. The van der Waals surface area contributed by atoms with Crippen molar-refractivity contribution in [2.45, 2.75) is 25.4 Å². The van der Waals surface area contributed by atoms with E-state index in [1.165, 1.54) is 15.3 Å². The minimum Gasteiger partial charge on any atom is -0.319 e. The number of amides is 3. The van der Waals surface area contributed by atoms with Crippen LogP contribution in [0.3, 0.4) is 0 Å². The highest BCUT2D eigenvalue weighted by Crippen LogP contribution is 2.33. The van der Waals surface area contributed by atoms with Crippen molar-refractivity contribution >= 4 is 46.5 Å². The van der Waals surface area contributed by atoms with Gasteiger partial charge in [-0.15, -0.1) is 11.3 Å². The number of carbonyl (C=O) groups is 2. The minimum absolute atomic E-state index is 0.275. The first kappa shape index (κ1) is 17.8. The lowest BCUT2D eigenvalue weighted by Gasteiger charge is -2.30. The van der Waals surface area contributed by atoms with Crippen LogP contribution in [0, 0.1) is 0 Å². The van der Waals surface area contributed by atoms with E-state index >= 15 is 0 Å². The Morgan fingerprint density at radius 3 is 2.81 bits per heavy atom. The molecule has 0 radical (unpaired) electrons. The van der Waals surface area contributed by atoms with Crippen LogP contribution in [0.15, 0.2) is 29.6 Å². The average molecular weight is 410 g/mol. The highest BCUT2D eigenvalue weighted by atomic mass is 35.5. The van der Waals surface area contributed by atoms with Gasteiger partial charge in [-0.3, -0.25) is 9.69 Å². The molecule has 1 fully saturated rings. The Kier molecular flexibility index (Phi) is 4.47. The van der Waals surface area contributed by atoms with E-state index in [-0.39, 0.29) is 18.6 Å². The van der Waals surface area contributed by atoms with E-state index in [0.717, 1.165) is 19.5 Å². The van der Waals surface area contributed by atoms with Crippen LogP contribution >= 0.6 is 34.5 Å². The molecule has 1 aromatic carbocycles. The van der Waals surface area contributed by atoms with Crippen molar-refractivity contribution in [3.05, 3.63) is 55.7 Å². The number of benzene rings is 1. The van der Waals surface area contributed by atoms with Crippen molar-refractivity contribution in [1.82, 2.24) is 15.1 Å². The highest BCUT2D eigenvalue weighted by molar-refractivity contribution is 7.10. The summed E-state index contributed by atoms with van der Waals surface area (Å²) in [6.07, 6.45) is 0.945. The summed E-state index contributed by atoms with van der Waals surface area (Å²) in [4.78, 5) is 30.3. The second-order valence-corrected chi connectivity index (χ2v) is 8.55. The summed E-state index contributed by atoms with van der Waals surface area (Å²) in [5.74, 6) is -0.281. The van der Waals surface area contributed by atoms with Crippen LogP contribution in [-0.2, 0) is 23.3 Å². The Hall–Kier alpha value is -1.60. The lowest BCUT2D eigenvalue weighted by molar-refractivity contribution is -0.132. The number of rotatable bonds is 3. The van der Waals surface area contributed by atoms with Crippen LogP contribution in [-0.4, -0.2) is 35.0 Å². The van der Waals surface area contributed by atoms with Crippen LogP contribution in [0.4, 0.5) is 4.79 Å². The highest BCUT2D eigenvalue weighted by Gasteiger charge is 2.49. The van der Waals surface area contributed by atoms with Gasteiger partial charge in [0.05, 0.1) is 16.7 Å². The van der Waals surface area contributed by atoms with Gasteiger partial charge in [-0.05, 0) is 48.1 Å². The number of imide groups is 1. The fourth-order valence-corrected chi connectivity index (χ4v) is 4.64. The fourth-order valence-electron chi connectivity index (χ4n) is 3.46. The normalized spacial score (nSPS) is 23.3. The number of halogens is 2. The molecule has 1 N–H and O–H groups in total. The van der Waals surface area contributed by atoms with E-state index in [2.05, 4.69) is 21.7 Å². The molecule has 3 amide bonds. The molecule has 0 bridgehead atoms. The van der Waals surface area contributed by atoms with Crippen LogP contribution in [0.25, 0.3) is 0 Å². The van der Waals surface area contributed by atoms with Gasteiger partial charge in [0.1, 0.15) is 5.54 Å². The van der Waals surface area contributed by atoms with Gasteiger partial charge < -0.3 is 5.32 Å². The maximum Gasteiger partial charge on any atom is 0.326 e. The van der Waals surface area contributed by atoms with Gasteiger partial charge in [-0.2, -0.15) is 0 Å². The number of nitrogens with zero attached hydrogens (tertiary/aromatic N) is 2. The topological polar surface area (TPSA) is 52.7 Å². The summed E-state index contributed by atoms with van der Waals surface area (Å²) in [6, 6.07) is 6.70.